The van der Waals surface area contributed by atoms with Crippen molar-refractivity contribution in [2.45, 2.75) is 37.7 Å². The van der Waals surface area contributed by atoms with Gasteiger partial charge < -0.3 is 14.8 Å². The van der Waals surface area contributed by atoms with Gasteiger partial charge >= 0.3 is 0 Å². The average Bonchev–Trinajstić information content (AvgIpc) is 3.31. The highest BCUT2D eigenvalue weighted by molar-refractivity contribution is 7.92. The molecule has 0 saturated carbocycles. The molecule has 10 heteroatoms. The number of ether oxygens (including phenoxy) is 2. The lowest BCUT2D eigenvalue weighted by molar-refractivity contribution is 0.0679. The van der Waals surface area contributed by atoms with Gasteiger partial charge in [0.25, 0.3) is 15.9 Å². The van der Waals surface area contributed by atoms with Crippen molar-refractivity contribution in [1.82, 2.24) is 9.97 Å². The number of nitrogens with zero attached hydrogens (tertiary/aromatic N) is 2. The Labute approximate surface area is 198 Å². The van der Waals surface area contributed by atoms with Gasteiger partial charge in [0.15, 0.2) is 0 Å². The number of anilines is 2. The number of hydrogen-bond donors (Lipinski definition) is 2. The average molecular weight is 483 g/mol. The van der Waals surface area contributed by atoms with E-state index in [1.165, 1.54) is 24.3 Å². The Bertz CT molecular complexity index is 1240. The van der Waals surface area contributed by atoms with Crippen molar-refractivity contribution in [3.63, 3.8) is 0 Å². The molecule has 1 aliphatic heterocycles. The Balaban J connectivity index is 1.35. The molecule has 2 N–H and O–H groups in total. The lowest BCUT2D eigenvalue weighted by Gasteiger charge is -2.12. The summed E-state index contributed by atoms with van der Waals surface area (Å²) in [5.74, 6) is 1.03. The van der Waals surface area contributed by atoms with Crippen LogP contribution in [0, 0.1) is 13.8 Å². The number of aromatic nitrogens is 2. The summed E-state index contributed by atoms with van der Waals surface area (Å²) in [5, 5.41) is 2.76. The van der Waals surface area contributed by atoms with Crippen molar-refractivity contribution in [2.24, 2.45) is 0 Å². The lowest BCUT2D eigenvalue weighted by atomic mass is 10.2. The summed E-state index contributed by atoms with van der Waals surface area (Å²) in [6.07, 6.45) is 2.17. The first-order valence-corrected chi connectivity index (χ1v) is 12.4. The van der Waals surface area contributed by atoms with Crippen LogP contribution in [0.15, 0.2) is 59.5 Å². The van der Waals surface area contributed by atoms with Crippen LogP contribution in [0.1, 0.15) is 34.7 Å². The molecule has 0 spiro atoms. The summed E-state index contributed by atoms with van der Waals surface area (Å²) >= 11 is 0. The Kier molecular flexibility index (Phi) is 7.09. The number of carbonyl (C=O) groups excluding carboxylic acids is 1. The molecule has 1 saturated heterocycles. The number of carbonyl (C=O) groups is 1. The molecule has 0 radical (unpaired) electrons. The highest BCUT2D eigenvalue weighted by Crippen LogP contribution is 2.20. The monoisotopic (exact) mass is 482 g/mol. The second-order valence-corrected chi connectivity index (χ2v) is 9.68. The first-order valence-electron chi connectivity index (χ1n) is 10.9. The van der Waals surface area contributed by atoms with Gasteiger partial charge in [0, 0.05) is 29.6 Å². The van der Waals surface area contributed by atoms with E-state index < -0.39 is 10.0 Å². The molecule has 1 fully saturated rings. The van der Waals surface area contributed by atoms with Gasteiger partial charge in [-0.3, -0.25) is 9.52 Å². The number of amides is 1. The summed E-state index contributed by atoms with van der Waals surface area (Å²) in [6, 6.07) is 14.3. The maximum atomic E-state index is 12.7. The van der Waals surface area contributed by atoms with E-state index in [2.05, 4.69) is 20.0 Å². The second-order valence-electron chi connectivity index (χ2n) is 8.00. The van der Waals surface area contributed by atoms with E-state index in [9.17, 15) is 13.2 Å². The minimum atomic E-state index is -3.84. The van der Waals surface area contributed by atoms with E-state index in [0.29, 0.717) is 35.1 Å². The van der Waals surface area contributed by atoms with Gasteiger partial charge in [-0.15, -0.1) is 0 Å². The van der Waals surface area contributed by atoms with E-state index in [4.69, 9.17) is 9.47 Å². The summed E-state index contributed by atoms with van der Waals surface area (Å²) in [4.78, 5) is 20.8. The number of hydrogen-bond acceptors (Lipinski definition) is 7. The van der Waals surface area contributed by atoms with E-state index in [0.717, 1.165) is 19.4 Å². The smallest absolute Gasteiger partial charge is 0.263 e. The minimum absolute atomic E-state index is 0.0483. The number of nitrogens with one attached hydrogen (secondary N) is 2. The fourth-order valence-electron chi connectivity index (χ4n) is 3.55. The summed E-state index contributed by atoms with van der Waals surface area (Å²) in [5.41, 5.74) is 1.58. The van der Waals surface area contributed by atoms with E-state index >= 15 is 0 Å². The Morgan fingerprint density at radius 2 is 1.82 bits per heavy atom. The maximum absolute atomic E-state index is 12.7. The van der Waals surface area contributed by atoms with Gasteiger partial charge in [-0.2, -0.15) is 0 Å². The molecule has 1 aromatic heterocycles. The maximum Gasteiger partial charge on any atom is 0.263 e. The molecule has 34 heavy (non-hydrogen) atoms. The van der Waals surface area contributed by atoms with Crippen LogP contribution >= 0.6 is 0 Å². The quantitative estimate of drug-likeness (QED) is 0.502. The Morgan fingerprint density at radius 3 is 2.47 bits per heavy atom. The van der Waals surface area contributed by atoms with E-state index in [-0.39, 0.29) is 22.7 Å². The molecule has 1 aliphatic rings. The highest BCUT2D eigenvalue weighted by Gasteiger charge is 2.17. The van der Waals surface area contributed by atoms with Crippen molar-refractivity contribution in [2.75, 3.05) is 23.3 Å². The van der Waals surface area contributed by atoms with Crippen molar-refractivity contribution >= 4 is 27.4 Å². The number of sulfonamides is 1. The molecule has 9 nitrogen and oxygen atoms in total. The van der Waals surface area contributed by atoms with Crippen LogP contribution in [0.4, 0.5) is 11.5 Å². The zero-order chi connectivity index (χ0) is 24.1. The van der Waals surface area contributed by atoms with Crippen molar-refractivity contribution in [3.05, 3.63) is 71.7 Å². The van der Waals surface area contributed by atoms with Crippen LogP contribution in [0.25, 0.3) is 0 Å². The van der Waals surface area contributed by atoms with Crippen LogP contribution in [0.2, 0.25) is 0 Å². The molecular weight excluding hydrogens is 456 g/mol. The summed E-state index contributed by atoms with van der Waals surface area (Å²) in [7, 11) is -3.84. The Hall–Kier alpha value is -3.50. The molecule has 0 unspecified atom stereocenters. The molecule has 1 amide bonds. The van der Waals surface area contributed by atoms with Gasteiger partial charge in [-0.1, -0.05) is 0 Å². The largest absolute Gasteiger partial charge is 0.491 e. The van der Waals surface area contributed by atoms with Gasteiger partial charge in [-0.05, 0) is 75.2 Å². The van der Waals surface area contributed by atoms with Crippen molar-refractivity contribution in [3.8, 4) is 5.75 Å². The number of rotatable bonds is 8. The zero-order valence-corrected chi connectivity index (χ0v) is 19.8. The molecule has 1 atom stereocenters. The first-order chi connectivity index (χ1) is 16.3. The second kappa shape index (κ2) is 10.2. The topological polar surface area (TPSA) is 120 Å². The summed E-state index contributed by atoms with van der Waals surface area (Å²) in [6.45, 7) is 4.72. The SMILES string of the molecule is Cc1cc(NS(=O)(=O)c2ccc(NC(=O)c3ccc(OC[C@@H]4CCCO4)cc3)cc2)nc(C)n1. The van der Waals surface area contributed by atoms with Crippen LogP contribution in [-0.2, 0) is 14.8 Å². The molecule has 0 bridgehead atoms. The van der Waals surface area contributed by atoms with Gasteiger partial charge in [-0.25, -0.2) is 18.4 Å². The molecule has 2 heterocycles. The van der Waals surface area contributed by atoms with Crippen molar-refractivity contribution in [1.29, 1.82) is 0 Å². The van der Waals surface area contributed by atoms with Crippen LogP contribution in [-0.4, -0.2) is 43.6 Å². The third-order valence-corrected chi connectivity index (χ3v) is 6.57. The number of aryl methyl sites for hydroxylation is 2. The third kappa shape index (κ3) is 6.09. The normalized spacial score (nSPS) is 15.6. The highest BCUT2D eigenvalue weighted by atomic mass is 32.2. The van der Waals surface area contributed by atoms with Crippen molar-refractivity contribution < 1.29 is 22.7 Å². The zero-order valence-electron chi connectivity index (χ0n) is 18.9. The van der Waals surface area contributed by atoms with E-state index in [1.807, 2.05) is 0 Å². The van der Waals surface area contributed by atoms with E-state index in [1.54, 1.807) is 44.2 Å². The van der Waals surface area contributed by atoms with Crippen LogP contribution in [0.3, 0.4) is 0 Å². The summed E-state index contributed by atoms with van der Waals surface area (Å²) < 4.78 is 39.0. The van der Waals surface area contributed by atoms with Crippen LogP contribution in [0.5, 0.6) is 5.75 Å². The Morgan fingerprint density at radius 1 is 1.09 bits per heavy atom. The van der Waals surface area contributed by atoms with Crippen LogP contribution < -0.4 is 14.8 Å². The molecular formula is C24H26N4O5S. The van der Waals surface area contributed by atoms with Gasteiger partial charge in [0.1, 0.15) is 24.0 Å². The molecule has 4 rings (SSSR count). The molecule has 0 aliphatic carbocycles. The minimum Gasteiger partial charge on any atom is -0.491 e. The first kappa shape index (κ1) is 23.7. The van der Waals surface area contributed by atoms with Gasteiger partial charge in [0.2, 0.25) is 0 Å². The third-order valence-electron chi connectivity index (χ3n) is 5.20. The lowest BCUT2D eigenvalue weighted by Crippen LogP contribution is -2.16. The molecule has 3 aromatic rings. The fourth-order valence-corrected chi connectivity index (χ4v) is 4.55. The number of benzene rings is 2. The molecule has 2 aromatic carbocycles. The molecule has 178 valence electrons. The van der Waals surface area contributed by atoms with Gasteiger partial charge in [0.05, 0.1) is 11.0 Å². The standard InChI is InChI=1S/C24H26N4O5S/c1-16-14-23(26-17(2)25-16)28-34(30,31)22-11-7-19(8-12-22)27-24(29)18-5-9-20(10-6-18)33-15-21-4-3-13-32-21/h5-12,14,21H,3-4,13,15H2,1-2H3,(H,27,29)(H,25,26,28)/t21-/m0/s1. The predicted octanol–water partition coefficient (Wildman–Crippen LogP) is 3.70. The predicted molar refractivity (Wildman–Crippen MR) is 128 cm³/mol. The fraction of sp³-hybridized carbons (Fsp3) is 0.292.